The fourth-order valence-corrected chi connectivity index (χ4v) is 5.26. The van der Waals surface area contributed by atoms with Crippen LogP contribution in [0.1, 0.15) is 49.6 Å². The van der Waals surface area contributed by atoms with Crippen LogP contribution in [0.2, 0.25) is 0 Å². The van der Waals surface area contributed by atoms with Gasteiger partial charge in [0.1, 0.15) is 17.1 Å². The molecule has 10 nitrogen and oxygen atoms in total. The van der Waals surface area contributed by atoms with Gasteiger partial charge in [-0.3, -0.25) is 18.7 Å². The third kappa shape index (κ3) is 10.9. The van der Waals surface area contributed by atoms with Crippen molar-refractivity contribution in [3.05, 3.63) is 167 Å². The summed E-state index contributed by atoms with van der Waals surface area (Å²) in [6, 6.07) is 37.1. The van der Waals surface area contributed by atoms with E-state index < -0.39 is 43.1 Å². The highest BCUT2D eigenvalue weighted by atomic mass is 32.2. The molecule has 0 bridgehead atoms. The summed E-state index contributed by atoms with van der Waals surface area (Å²) in [5, 5.41) is 19.9. The lowest BCUT2D eigenvalue weighted by Crippen LogP contribution is -2.16. The molecule has 5 aromatic rings. The van der Waals surface area contributed by atoms with Gasteiger partial charge in [0.05, 0.1) is 4.90 Å². The molecular formula is C35H32O10S2. The molecule has 0 amide bonds. The Labute approximate surface area is 273 Å². The summed E-state index contributed by atoms with van der Waals surface area (Å²) < 4.78 is 61.1. The van der Waals surface area contributed by atoms with Gasteiger partial charge in [-0.25, -0.2) is 0 Å². The zero-order valence-electron chi connectivity index (χ0n) is 25.0. The van der Waals surface area contributed by atoms with E-state index in [9.17, 15) is 36.6 Å². The van der Waals surface area contributed by atoms with Crippen molar-refractivity contribution in [3.8, 4) is 0 Å². The van der Waals surface area contributed by atoms with Crippen LogP contribution in [0.5, 0.6) is 0 Å². The van der Waals surface area contributed by atoms with Crippen LogP contribution in [0.3, 0.4) is 0 Å². The molecule has 2 atom stereocenters. The molecule has 0 heterocycles. The molecule has 47 heavy (non-hydrogen) atoms. The number of hydrogen-bond donors (Lipinski definition) is 4. The first-order valence-corrected chi connectivity index (χ1v) is 16.8. The predicted octanol–water partition coefficient (Wildman–Crippen LogP) is 5.69. The van der Waals surface area contributed by atoms with E-state index in [1.54, 1.807) is 91.0 Å². The van der Waals surface area contributed by atoms with E-state index in [1.165, 1.54) is 30.3 Å². The Hall–Kier alpha value is -4.82. The molecule has 5 aromatic carbocycles. The van der Waals surface area contributed by atoms with Crippen LogP contribution >= 0.6 is 0 Å². The number of carbonyl (C=O) groups excluding carboxylic acids is 2. The van der Waals surface area contributed by atoms with Gasteiger partial charge < -0.3 is 10.2 Å². The fraction of sp³-hybridized carbons (Fsp3) is 0.0857. The number of benzene rings is 5. The minimum atomic E-state index is -4.53. The Balaban J connectivity index is 0.000000200. The van der Waals surface area contributed by atoms with Crippen LogP contribution in [0.4, 0.5) is 0 Å². The lowest BCUT2D eigenvalue weighted by molar-refractivity contribution is 0.0741. The summed E-state index contributed by atoms with van der Waals surface area (Å²) in [7, 11) is -8.55. The van der Waals surface area contributed by atoms with Gasteiger partial charge in [0.2, 0.25) is 0 Å². The van der Waals surface area contributed by atoms with Crippen LogP contribution in [-0.4, -0.2) is 47.7 Å². The predicted molar refractivity (Wildman–Crippen MR) is 175 cm³/mol. The van der Waals surface area contributed by atoms with E-state index >= 15 is 0 Å². The van der Waals surface area contributed by atoms with Gasteiger partial charge in [-0.05, 0) is 42.3 Å². The van der Waals surface area contributed by atoms with Gasteiger partial charge in [0, 0.05) is 11.1 Å². The summed E-state index contributed by atoms with van der Waals surface area (Å²) in [5.41, 5.74) is 2.21. The maximum absolute atomic E-state index is 12.2. The molecular weight excluding hydrogens is 645 g/mol. The van der Waals surface area contributed by atoms with Crippen molar-refractivity contribution in [1.29, 1.82) is 0 Å². The third-order valence-electron chi connectivity index (χ3n) is 6.53. The topological polar surface area (TPSA) is 183 Å². The largest absolute Gasteiger partial charge is 0.380 e. The van der Waals surface area contributed by atoms with Crippen molar-refractivity contribution >= 4 is 31.8 Å². The van der Waals surface area contributed by atoms with Crippen molar-refractivity contribution in [2.24, 2.45) is 0 Å². The summed E-state index contributed by atoms with van der Waals surface area (Å²) >= 11 is 0. The minimum Gasteiger partial charge on any atom is -0.380 e. The zero-order chi connectivity index (χ0) is 34.6. The second kappa shape index (κ2) is 16.7. The lowest BCUT2D eigenvalue weighted by atomic mass is 10.00. The summed E-state index contributed by atoms with van der Waals surface area (Å²) in [6.45, 7) is 1.84. The van der Waals surface area contributed by atoms with Gasteiger partial charge >= 0.3 is 0 Å². The smallest absolute Gasteiger partial charge is 0.295 e. The van der Waals surface area contributed by atoms with Crippen molar-refractivity contribution < 1.29 is 45.7 Å². The number of rotatable bonds is 8. The Bertz CT molecular complexity index is 1980. The van der Waals surface area contributed by atoms with Crippen LogP contribution in [-0.2, 0) is 20.2 Å². The molecule has 0 saturated heterocycles. The van der Waals surface area contributed by atoms with Crippen LogP contribution in [0.15, 0.2) is 149 Å². The zero-order valence-corrected chi connectivity index (χ0v) is 26.6. The Morgan fingerprint density at radius 1 is 0.511 bits per heavy atom. The Kier molecular flexibility index (Phi) is 13.0. The van der Waals surface area contributed by atoms with Gasteiger partial charge in [0.15, 0.2) is 11.6 Å². The van der Waals surface area contributed by atoms with E-state index in [0.717, 1.165) is 11.6 Å². The highest BCUT2D eigenvalue weighted by Crippen LogP contribution is 2.23. The number of aliphatic hydroxyl groups is 2. The van der Waals surface area contributed by atoms with Crippen molar-refractivity contribution in [2.75, 3.05) is 0 Å². The van der Waals surface area contributed by atoms with Gasteiger partial charge in [-0.15, -0.1) is 0 Å². The molecule has 4 N–H and O–H groups in total. The van der Waals surface area contributed by atoms with Gasteiger partial charge in [-0.1, -0.05) is 121 Å². The first-order chi connectivity index (χ1) is 22.2. The second-order valence-electron chi connectivity index (χ2n) is 9.98. The number of Topliss-reactive ketones (excluding diaryl/α,β-unsaturated/α-hetero) is 2. The highest BCUT2D eigenvalue weighted by Gasteiger charge is 2.25. The molecule has 0 aliphatic carbocycles. The minimum absolute atomic E-state index is 0.0666. The summed E-state index contributed by atoms with van der Waals surface area (Å²) in [6.07, 6.45) is -2.57. The molecule has 0 saturated carbocycles. The van der Waals surface area contributed by atoms with Crippen LogP contribution < -0.4 is 0 Å². The normalized spacial score (nSPS) is 12.3. The lowest BCUT2D eigenvalue weighted by Gasteiger charge is -2.12. The van der Waals surface area contributed by atoms with Crippen molar-refractivity contribution in [1.82, 2.24) is 0 Å². The average Bonchev–Trinajstić information content (AvgIpc) is 3.08. The van der Waals surface area contributed by atoms with Crippen LogP contribution in [0, 0.1) is 6.92 Å². The molecule has 0 fully saturated rings. The van der Waals surface area contributed by atoms with Crippen molar-refractivity contribution in [3.63, 3.8) is 0 Å². The van der Waals surface area contributed by atoms with Gasteiger partial charge in [0.25, 0.3) is 20.2 Å². The average molecular weight is 677 g/mol. The number of ketones is 2. The molecule has 0 aliphatic rings. The third-order valence-corrected chi connectivity index (χ3v) is 8.31. The van der Waals surface area contributed by atoms with E-state index in [2.05, 4.69) is 0 Å². The maximum atomic E-state index is 12.2. The summed E-state index contributed by atoms with van der Waals surface area (Å²) in [5.74, 6) is -1.06. The number of aryl methyl sites for hydroxylation is 1. The number of hydrogen-bond acceptors (Lipinski definition) is 8. The first-order valence-electron chi connectivity index (χ1n) is 13.9. The summed E-state index contributed by atoms with van der Waals surface area (Å²) in [4.78, 5) is 23.5. The molecule has 12 heteroatoms. The molecule has 2 unspecified atom stereocenters. The fourth-order valence-electron chi connectivity index (χ4n) is 4.09. The number of carbonyl (C=O) groups is 2. The number of aliphatic hydroxyl groups excluding tert-OH is 2. The molecule has 5 rings (SSSR count). The van der Waals surface area contributed by atoms with Gasteiger partial charge in [-0.2, -0.15) is 16.8 Å². The monoisotopic (exact) mass is 676 g/mol. The highest BCUT2D eigenvalue weighted by molar-refractivity contribution is 7.86. The molecule has 0 aliphatic heterocycles. The second-order valence-corrected chi connectivity index (χ2v) is 12.8. The van der Waals surface area contributed by atoms with Crippen LogP contribution in [0.25, 0.3) is 0 Å². The molecule has 0 spiro atoms. The quantitative estimate of drug-likeness (QED) is 0.118. The molecule has 244 valence electrons. The maximum Gasteiger partial charge on any atom is 0.295 e. The standard InChI is InChI=1S/C14H12O5S.C14H12O2.C7H8O3S/c15-13(10-6-2-1-3-7-10)14(16)11-8-4-5-9-12(11)20(17,18)19;15-13(11-7-3-1-4-8-11)14(16)12-9-5-2-6-10-12;1-6-2-4-7(5-3-6)11(8,9)10/h1-9,13,15H,(H,17,18,19);1-10,13,15H;2-5H,1H3,(H,8,9,10). The van der Waals surface area contributed by atoms with E-state index in [0.29, 0.717) is 16.7 Å². The van der Waals surface area contributed by atoms with E-state index in [-0.39, 0.29) is 16.2 Å². The molecule has 0 radical (unpaired) electrons. The Morgan fingerprint density at radius 3 is 1.36 bits per heavy atom. The SMILES string of the molecule is Cc1ccc(S(=O)(=O)O)cc1.O=C(c1ccccc1)C(O)c1ccccc1.O=C(c1ccccc1S(=O)(=O)O)C(O)c1ccccc1. The Morgan fingerprint density at radius 2 is 0.915 bits per heavy atom. The van der Waals surface area contributed by atoms with Crippen molar-refractivity contribution in [2.45, 2.75) is 28.9 Å². The first kappa shape index (κ1) is 36.6. The van der Waals surface area contributed by atoms with E-state index in [4.69, 9.17) is 9.11 Å². The molecule has 0 aromatic heterocycles. The van der Waals surface area contributed by atoms with E-state index in [1.807, 2.05) is 19.1 Å².